The van der Waals surface area contributed by atoms with Crippen LogP contribution < -0.4 is 4.74 Å². The molecule has 0 spiro atoms. The fraction of sp³-hybridized carbons (Fsp3) is 0.250. The van der Waals surface area contributed by atoms with E-state index >= 15 is 0 Å². The fourth-order valence-corrected chi connectivity index (χ4v) is 1.85. The molecule has 0 bridgehead atoms. The van der Waals surface area contributed by atoms with E-state index in [1.54, 1.807) is 0 Å². The number of hydrogen-bond donors (Lipinski definition) is 1. The van der Waals surface area contributed by atoms with E-state index in [1.807, 2.05) is 62.4 Å². The average molecular weight is 242 g/mol. The SMILES string of the molecule is Cc1cccc(OCC(O)c2cccc(C)c2)c1. The number of ether oxygens (including phenoxy) is 1. The highest BCUT2D eigenvalue weighted by molar-refractivity contribution is 5.28. The summed E-state index contributed by atoms with van der Waals surface area (Å²) < 4.78 is 5.59. The zero-order chi connectivity index (χ0) is 13.0. The first-order chi connectivity index (χ1) is 8.65. The summed E-state index contributed by atoms with van der Waals surface area (Å²) in [4.78, 5) is 0. The minimum Gasteiger partial charge on any atom is -0.491 e. The second kappa shape index (κ2) is 5.69. The van der Waals surface area contributed by atoms with E-state index in [0.29, 0.717) is 0 Å². The molecule has 0 aliphatic carbocycles. The van der Waals surface area contributed by atoms with Crippen molar-refractivity contribution in [1.29, 1.82) is 0 Å². The lowest BCUT2D eigenvalue weighted by Gasteiger charge is -2.13. The van der Waals surface area contributed by atoms with Crippen LogP contribution in [0.5, 0.6) is 5.75 Å². The number of aliphatic hydroxyl groups is 1. The summed E-state index contributed by atoms with van der Waals surface area (Å²) in [5.41, 5.74) is 3.18. The Morgan fingerprint density at radius 2 is 1.67 bits per heavy atom. The molecule has 0 amide bonds. The minimum absolute atomic E-state index is 0.271. The third-order valence-electron chi connectivity index (χ3n) is 2.82. The van der Waals surface area contributed by atoms with Crippen LogP contribution in [0.3, 0.4) is 0 Å². The molecule has 0 aromatic heterocycles. The van der Waals surface area contributed by atoms with Crippen LogP contribution in [0.25, 0.3) is 0 Å². The van der Waals surface area contributed by atoms with Crippen LogP contribution >= 0.6 is 0 Å². The zero-order valence-corrected chi connectivity index (χ0v) is 10.8. The van der Waals surface area contributed by atoms with Crippen molar-refractivity contribution in [2.75, 3.05) is 6.61 Å². The van der Waals surface area contributed by atoms with Gasteiger partial charge in [0.2, 0.25) is 0 Å². The molecule has 2 rings (SSSR count). The fourth-order valence-electron chi connectivity index (χ4n) is 1.85. The Kier molecular flexibility index (Phi) is 4.00. The maximum Gasteiger partial charge on any atom is 0.119 e. The van der Waals surface area contributed by atoms with Crippen molar-refractivity contribution >= 4 is 0 Å². The van der Waals surface area contributed by atoms with Crippen molar-refractivity contribution in [2.24, 2.45) is 0 Å². The van der Waals surface area contributed by atoms with Gasteiger partial charge in [-0.15, -0.1) is 0 Å². The van der Waals surface area contributed by atoms with Crippen molar-refractivity contribution in [3.8, 4) is 5.75 Å². The number of hydrogen-bond acceptors (Lipinski definition) is 2. The Balaban J connectivity index is 1.98. The molecule has 18 heavy (non-hydrogen) atoms. The van der Waals surface area contributed by atoms with E-state index in [9.17, 15) is 5.11 Å². The van der Waals surface area contributed by atoms with E-state index in [2.05, 4.69) is 0 Å². The van der Waals surface area contributed by atoms with E-state index < -0.39 is 6.10 Å². The molecule has 1 N–H and O–H groups in total. The molecule has 0 aliphatic rings. The van der Waals surface area contributed by atoms with Crippen LogP contribution in [0.4, 0.5) is 0 Å². The molecule has 2 aromatic rings. The number of aryl methyl sites for hydroxylation is 2. The minimum atomic E-state index is -0.592. The van der Waals surface area contributed by atoms with Gasteiger partial charge in [0.25, 0.3) is 0 Å². The maximum absolute atomic E-state index is 10.1. The quantitative estimate of drug-likeness (QED) is 0.890. The van der Waals surface area contributed by atoms with E-state index in [1.165, 1.54) is 0 Å². The molecular formula is C16H18O2. The Morgan fingerprint density at radius 3 is 2.33 bits per heavy atom. The molecule has 1 atom stereocenters. The van der Waals surface area contributed by atoms with Gasteiger partial charge in [-0.3, -0.25) is 0 Å². The molecule has 0 aliphatic heterocycles. The smallest absolute Gasteiger partial charge is 0.119 e. The highest BCUT2D eigenvalue weighted by Gasteiger charge is 2.08. The predicted molar refractivity (Wildman–Crippen MR) is 72.8 cm³/mol. The molecule has 2 nitrogen and oxygen atoms in total. The number of benzene rings is 2. The van der Waals surface area contributed by atoms with E-state index in [0.717, 1.165) is 22.4 Å². The van der Waals surface area contributed by atoms with E-state index in [-0.39, 0.29) is 6.61 Å². The molecular weight excluding hydrogens is 224 g/mol. The van der Waals surface area contributed by atoms with Crippen LogP contribution in [0.15, 0.2) is 48.5 Å². The molecule has 2 aromatic carbocycles. The summed E-state index contributed by atoms with van der Waals surface area (Å²) >= 11 is 0. The van der Waals surface area contributed by atoms with Crippen molar-refractivity contribution in [2.45, 2.75) is 20.0 Å². The summed E-state index contributed by atoms with van der Waals surface area (Å²) in [7, 11) is 0. The lowest BCUT2D eigenvalue weighted by atomic mass is 10.1. The van der Waals surface area contributed by atoms with Crippen molar-refractivity contribution < 1.29 is 9.84 Å². The molecule has 1 unspecified atom stereocenters. The number of aliphatic hydroxyl groups excluding tert-OH is 1. The van der Waals surface area contributed by atoms with Crippen LogP contribution in [-0.2, 0) is 0 Å². The molecule has 0 heterocycles. The van der Waals surface area contributed by atoms with Gasteiger partial charge in [0.1, 0.15) is 18.5 Å². The van der Waals surface area contributed by atoms with Gasteiger partial charge in [0.05, 0.1) is 0 Å². The Labute approximate surface area is 108 Å². The molecule has 0 radical (unpaired) electrons. The number of rotatable bonds is 4. The van der Waals surface area contributed by atoms with Crippen molar-refractivity contribution in [1.82, 2.24) is 0 Å². The summed E-state index contributed by atoms with van der Waals surface area (Å²) in [6.45, 7) is 4.30. The first kappa shape index (κ1) is 12.7. The van der Waals surface area contributed by atoms with Gasteiger partial charge >= 0.3 is 0 Å². The van der Waals surface area contributed by atoms with Gasteiger partial charge in [-0.1, -0.05) is 42.0 Å². The van der Waals surface area contributed by atoms with Gasteiger partial charge < -0.3 is 9.84 Å². The standard InChI is InChI=1S/C16H18O2/c1-12-5-3-7-14(9-12)16(17)11-18-15-8-4-6-13(2)10-15/h3-10,16-17H,11H2,1-2H3. The second-order valence-corrected chi connectivity index (χ2v) is 4.56. The molecule has 0 fully saturated rings. The first-order valence-corrected chi connectivity index (χ1v) is 6.09. The maximum atomic E-state index is 10.1. The van der Waals surface area contributed by atoms with E-state index in [4.69, 9.17) is 4.74 Å². The summed E-state index contributed by atoms with van der Waals surface area (Å²) in [6, 6.07) is 15.7. The highest BCUT2D eigenvalue weighted by Crippen LogP contribution is 2.18. The second-order valence-electron chi connectivity index (χ2n) is 4.56. The van der Waals surface area contributed by atoms with Crippen LogP contribution in [0.1, 0.15) is 22.8 Å². The lowest BCUT2D eigenvalue weighted by Crippen LogP contribution is -2.09. The van der Waals surface area contributed by atoms with Crippen LogP contribution in [0, 0.1) is 13.8 Å². The topological polar surface area (TPSA) is 29.5 Å². The zero-order valence-electron chi connectivity index (χ0n) is 10.8. The third-order valence-corrected chi connectivity index (χ3v) is 2.82. The van der Waals surface area contributed by atoms with Crippen molar-refractivity contribution in [3.63, 3.8) is 0 Å². The normalized spacial score (nSPS) is 12.2. The monoisotopic (exact) mass is 242 g/mol. The first-order valence-electron chi connectivity index (χ1n) is 6.09. The summed E-state index contributed by atoms with van der Waals surface area (Å²) in [6.07, 6.45) is -0.592. The molecule has 0 saturated heterocycles. The summed E-state index contributed by atoms with van der Waals surface area (Å²) in [5, 5.41) is 10.1. The predicted octanol–water partition coefficient (Wildman–Crippen LogP) is 3.42. The average Bonchev–Trinajstić information content (AvgIpc) is 2.36. The van der Waals surface area contributed by atoms with Gasteiger partial charge in [-0.25, -0.2) is 0 Å². The van der Waals surface area contributed by atoms with Crippen LogP contribution in [-0.4, -0.2) is 11.7 Å². The van der Waals surface area contributed by atoms with Gasteiger partial charge in [-0.05, 0) is 37.1 Å². The van der Waals surface area contributed by atoms with Gasteiger partial charge in [-0.2, -0.15) is 0 Å². The summed E-state index contributed by atoms with van der Waals surface area (Å²) in [5.74, 6) is 0.793. The third kappa shape index (κ3) is 3.34. The Hall–Kier alpha value is -1.80. The van der Waals surface area contributed by atoms with Crippen LogP contribution in [0.2, 0.25) is 0 Å². The highest BCUT2D eigenvalue weighted by atomic mass is 16.5. The molecule has 0 saturated carbocycles. The largest absolute Gasteiger partial charge is 0.491 e. The Morgan fingerprint density at radius 1 is 1.00 bits per heavy atom. The lowest BCUT2D eigenvalue weighted by molar-refractivity contribution is 0.108. The molecule has 2 heteroatoms. The van der Waals surface area contributed by atoms with Gasteiger partial charge in [0.15, 0.2) is 0 Å². The molecule has 94 valence electrons. The van der Waals surface area contributed by atoms with Crippen molar-refractivity contribution in [3.05, 3.63) is 65.2 Å². The van der Waals surface area contributed by atoms with Gasteiger partial charge in [0, 0.05) is 0 Å². The Bertz CT molecular complexity index is 520.